The molecule has 0 atom stereocenters. The highest BCUT2D eigenvalue weighted by Gasteiger charge is 2.41. The lowest BCUT2D eigenvalue weighted by Gasteiger charge is -2.22. The summed E-state index contributed by atoms with van der Waals surface area (Å²) in [5.41, 5.74) is -6.65. The molecule has 0 aliphatic rings. The van der Waals surface area contributed by atoms with Crippen molar-refractivity contribution in [1.29, 1.82) is 0 Å². The summed E-state index contributed by atoms with van der Waals surface area (Å²) < 4.78 is 269. The molecule has 0 bridgehead atoms. The summed E-state index contributed by atoms with van der Waals surface area (Å²) in [6, 6.07) is 41.1. The van der Waals surface area contributed by atoms with E-state index < -0.39 is 76.0 Å². The lowest BCUT2D eigenvalue weighted by molar-refractivity contribution is -0.143. The molecule has 11 aromatic carbocycles. The zero-order valence-electron chi connectivity index (χ0n) is 51.2. The molecule has 0 saturated heterocycles. The third-order valence-corrected chi connectivity index (χ3v) is 17.7. The molecule has 3 nitrogen and oxygen atoms in total. The number of aromatic nitrogens is 2. The smallest absolute Gasteiger partial charge is 0.310 e. The topological polar surface area (TPSA) is 14.2 Å². The SMILES string of the molecule is [C-]#[N+]c1cccc(-n2c3ccc(-c4ccc(C)cc4C(F)(F)F)cc3c3cc(-c4ccc(C(F)(F)F)cc4C(F)(F)F)ccc32)c1-c1cc(-c2c(C)cccc2C(F)(F)F)ccc1-n1c2ccc(-c3ccc(C(F)(F)F)cc3C)cc2c2cc(-c3ccc(C)cc3C(F)(F)F)ccc21. The molecular weight excluding hydrogens is 1310 g/mol. The highest BCUT2D eigenvalue weighted by molar-refractivity contribution is 6.15. The first-order chi connectivity index (χ1) is 46.0. The average Bonchev–Trinajstić information content (AvgIpc) is 1.53. The first-order valence-electron chi connectivity index (χ1n) is 29.8. The minimum Gasteiger partial charge on any atom is -0.310 e. The van der Waals surface area contributed by atoms with E-state index in [0.717, 1.165) is 30.3 Å². The van der Waals surface area contributed by atoms with Crippen LogP contribution in [0.3, 0.4) is 0 Å². The van der Waals surface area contributed by atoms with Crippen molar-refractivity contribution in [2.24, 2.45) is 0 Å². The fourth-order valence-corrected chi connectivity index (χ4v) is 13.4. The molecule has 0 fully saturated rings. The van der Waals surface area contributed by atoms with Gasteiger partial charge in [0.25, 0.3) is 0 Å². The van der Waals surface area contributed by atoms with Crippen molar-refractivity contribution < 1.29 is 79.0 Å². The van der Waals surface area contributed by atoms with Gasteiger partial charge in [0.2, 0.25) is 0 Å². The summed E-state index contributed by atoms with van der Waals surface area (Å²) in [5.74, 6) is 0. The predicted octanol–water partition coefficient (Wildman–Crippen LogP) is 25.8. The number of hydrogen-bond acceptors (Lipinski definition) is 0. The molecule has 0 spiro atoms. The van der Waals surface area contributed by atoms with Crippen LogP contribution < -0.4 is 0 Å². The molecule has 0 saturated carbocycles. The van der Waals surface area contributed by atoms with Crippen LogP contribution in [-0.2, 0) is 37.1 Å². The van der Waals surface area contributed by atoms with Crippen LogP contribution in [0, 0.1) is 34.3 Å². The Kier molecular flexibility index (Phi) is 15.6. The van der Waals surface area contributed by atoms with E-state index in [4.69, 9.17) is 6.57 Å². The number of nitrogens with zero attached hydrogens (tertiary/aromatic N) is 3. The summed E-state index contributed by atoms with van der Waals surface area (Å²) in [5, 5.41) is 0.721. The number of hydrogen-bond donors (Lipinski definition) is 0. The zero-order valence-corrected chi connectivity index (χ0v) is 51.2. The van der Waals surface area contributed by atoms with Gasteiger partial charge in [0.15, 0.2) is 5.69 Å². The van der Waals surface area contributed by atoms with Crippen LogP contribution in [0.2, 0.25) is 0 Å². The standard InChI is InChI=1S/C77H45F18N3/c1-39-12-21-51(60(30-39)75(87,88)89)44-15-26-65-55(34-44)54-33-43(50-23-19-48(32-42(50)4)72(78,79)80)14-25-64(54)97(65)68-29-18-47(70-41(3)8-6-9-59(70)74(84,85)86)37-58(68)71-63(96-5)10-7-11-69(71)98-66-27-16-45(52-22-13-40(2)31-61(52)76(90,91)92)35-56(66)57-36-46(17-28-67(57)98)53-24-20-49(73(81,82)83)38-62(53)77(93,94)95/h6-38H,1-4H3. The van der Waals surface area contributed by atoms with Gasteiger partial charge in [-0.2, -0.15) is 79.0 Å². The number of alkyl halides is 18. The zero-order chi connectivity index (χ0) is 70.2. The Balaban J connectivity index is 1.15. The summed E-state index contributed by atoms with van der Waals surface area (Å²) in [7, 11) is 0. The Bertz CT molecular complexity index is 5490. The van der Waals surface area contributed by atoms with Gasteiger partial charge < -0.3 is 9.13 Å². The minimum atomic E-state index is -5.36. The van der Waals surface area contributed by atoms with E-state index in [9.17, 15) is 39.5 Å². The van der Waals surface area contributed by atoms with Gasteiger partial charge in [0.1, 0.15) is 0 Å². The van der Waals surface area contributed by atoms with E-state index in [0.29, 0.717) is 39.7 Å². The van der Waals surface area contributed by atoms with E-state index in [1.54, 1.807) is 27.3 Å². The molecule has 0 aliphatic heterocycles. The highest BCUT2D eigenvalue weighted by atomic mass is 19.4. The lowest BCUT2D eigenvalue weighted by Crippen LogP contribution is -2.12. The maximum absolute atomic E-state index is 15.4. The van der Waals surface area contributed by atoms with E-state index in [1.807, 2.05) is 0 Å². The van der Waals surface area contributed by atoms with E-state index >= 15 is 39.5 Å². The summed E-state index contributed by atoms with van der Waals surface area (Å²) in [6.45, 7) is 14.7. The molecule has 13 rings (SSSR count). The third kappa shape index (κ3) is 11.6. The highest BCUT2D eigenvalue weighted by Crippen LogP contribution is 2.51. The van der Waals surface area contributed by atoms with Crippen molar-refractivity contribution in [2.75, 3.05) is 0 Å². The summed E-state index contributed by atoms with van der Waals surface area (Å²) >= 11 is 0. The van der Waals surface area contributed by atoms with Gasteiger partial charge in [-0.15, -0.1) is 0 Å². The van der Waals surface area contributed by atoms with Gasteiger partial charge in [-0.25, -0.2) is 4.85 Å². The molecular formula is C77H45F18N3. The normalized spacial score (nSPS) is 12.8. The number of rotatable bonds is 8. The van der Waals surface area contributed by atoms with Gasteiger partial charge in [-0.1, -0.05) is 102 Å². The lowest BCUT2D eigenvalue weighted by atomic mass is 9.90. The molecule has 2 heterocycles. The molecule has 98 heavy (non-hydrogen) atoms. The second-order valence-corrected chi connectivity index (χ2v) is 24.0. The van der Waals surface area contributed by atoms with E-state index in [-0.39, 0.29) is 123 Å². The molecule has 0 unspecified atom stereocenters. The van der Waals surface area contributed by atoms with Crippen molar-refractivity contribution in [2.45, 2.75) is 64.8 Å². The number of benzene rings is 11. The van der Waals surface area contributed by atoms with Crippen LogP contribution in [0.25, 0.3) is 127 Å². The van der Waals surface area contributed by atoms with Gasteiger partial charge >= 0.3 is 37.1 Å². The Labute approximate surface area is 545 Å². The van der Waals surface area contributed by atoms with Gasteiger partial charge in [0.05, 0.1) is 67.7 Å². The second-order valence-electron chi connectivity index (χ2n) is 24.0. The van der Waals surface area contributed by atoms with E-state index in [2.05, 4.69) is 4.85 Å². The Morgan fingerprint density at radius 2 is 0.673 bits per heavy atom. The van der Waals surface area contributed by atoms with Crippen molar-refractivity contribution in [3.63, 3.8) is 0 Å². The van der Waals surface area contributed by atoms with Crippen LogP contribution >= 0.6 is 0 Å². The van der Waals surface area contributed by atoms with Crippen molar-refractivity contribution in [1.82, 2.24) is 9.13 Å². The first kappa shape index (κ1) is 65.9. The van der Waals surface area contributed by atoms with Gasteiger partial charge in [-0.3, -0.25) is 0 Å². The molecule has 0 radical (unpaired) electrons. The molecule has 13 aromatic rings. The maximum Gasteiger partial charge on any atom is 0.417 e. The monoisotopic (exact) mass is 1350 g/mol. The molecule has 0 aliphatic carbocycles. The summed E-state index contributed by atoms with van der Waals surface area (Å²) in [6.07, 6.45) is -30.0. The Morgan fingerprint density at radius 1 is 0.286 bits per heavy atom. The van der Waals surface area contributed by atoms with Crippen LogP contribution in [-0.4, -0.2) is 9.13 Å². The summed E-state index contributed by atoms with van der Waals surface area (Å²) in [4.78, 5) is 3.95. The Morgan fingerprint density at radius 3 is 1.10 bits per heavy atom. The first-order valence-corrected chi connectivity index (χ1v) is 29.8. The average molecular weight is 1350 g/mol. The van der Waals surface area contributed by atoms with Gasteiger partial charge in [-0.05, 0) is 209 Å². The van der Waals surface area contributed by atoms with E-state index in [1.165, 1.54) is 161 Å². The molecule has 21 heteroatoms. The maximum atomic E-state index is 15.4. The Hall–Kier alpha value is -10.8. The van der Waals surface area contributed by atoms with Crippen LogP contribution in [0.15, 0.2) is 200 Å². The number of aryl methyl sites for hydroxylation is 4. The van der Waals surface area contributed by atoms with Crippen LogP contribution in [0.1, 0.15) is 55.6 Å². The van der Waals surface area contributed by atoms with Crippen LogP contribution in [0.4, 0.5) is 84.7 Å². The predicted molar refractivity (Wildman–Crippen MR) is 343 cm³/mol. The van der Waals surface area contributed by atoms with Crippen molar-refractivity contribution in [3.8, 4) is 78.1 Å². The fourth-order valence-electron chi connectivity index (χ4n) is 13.4. The molecule has 0 N–H and O–H groups in total. The van der Waals surface area contributed by atoms with Crippen molar-refractivity contribution in [3.05, 3.63) is 267 Å². The van der Waals surface area contributed by atoms with Crippen LogP contribution in [0.5, 0.6) is 0 Å². The fraction of sp³-hybridized carbons (Fsp3) is 0.130. The van der Waals surface area contributed by atoms with Gasteiger partial charge in [0, 0.05) is 32.8 Å². The molecule has 2 aromatic heterocycles. The minimum absolute atomic E-state index is 0.0150. The molecule has 494 valence electrons. The van der Waals surface area contributed by atoms with Crippen molar-refractivity contribution >= 4 is 49.3 Å². The second kappa shape index (κ2) is 23.2. The molecule has 0 amide bonds. The number of fused-ring (bicyclic) bond motifs is 6. The quantitative estimate of drug-likeness (QED) is 0.106. The largest absolute Gasteiger partial charge is 0.417 e. The number of halogens is 18. The third-order valence-electron chi connectivity index (χ3n) is 17.7.